The van der Waals surface area contributed by atoms with E-state index in [0.717, 1.165) is 5.56 Å². The zero-order valence-corrected chi connectivity index (χ0v) is 8.09. The number of rotatable bonds is 1. The first-order chi connectivity index (χ1) is 6.25. The predicted octanol–water partition coefficient (Wildman–Crippen LogP) is 2.04. The van der Waals surface area contributed by atoms with E-state index < -0.39 is 0 Å². The van der Waals surface area contributed by atoms with Crippen LogP contribution in [0.3, 0.4) is 0 Å². The van der Waals surface area contributed by atoms with E-state index >= 15 is 0 Å². The van der Waals surface area contributed by atoms with Gasteiger partial charge in [-0.3, -0.25) is 0 Å². The second-order valence-corrected chi connectivity index (χ2v) is 3.04. The minimum atomic E-state index is 0.137. The largest absolute Gasteiger partial charge is 0.395 e. The summed E-state index contributed by atoms with van der Waals surface area (Å²) in [6.45, 7) is 4.24. The monoisotopic (exact) mass is 174 g/mol. The maximum Gasteiger partial charge on any atom is 0.0540 e. The highest BCUT2D eigenvalue weighted by Gasteiger charge is 1.96. The van der Waals surface area contributed by atoms with Gasteiger partial charge in [0.2, 0.25) is 0 Å². The number of aliphatic hydroxyl groups is 1. The molecule has 1 nitrogen and oxygen atoms in total. The molecule has 0 unspecified atom stereocenters. The lowest BCUT2D eigenvalue weighted by Gasteiger charge is -2.00. The van der Waals surface area contributed by atoms with Crippen LogP contribution in [-0.2, 0) is 0 Å². The van der Waals surface area contributed by atoms with Crippen molar-refractivity contribution in [3.05, 3.63) is 34.9 Å². The van der Waals surface area contributed by atoms with Gasteiger partial charge in [0.05, 0.1) is 6.61 Å². The fourth-order valence-electron chi connectivity index (χ4n) is 1.22. The summed E-state index contributed by atoms with van der Waals surface area (Å²) in [4.78, 5) is 0. The first-order valence-corrected chi connectivity index (χ1v) is 4.41. The van der Waals surface area contributed by atoms with Gasteiger partial charge in [-0.25, -0.2) is 0 Å². The zero-order valence-electron chi connectivity index (χ0n) is 8.09. The number of hydrogen-bond donors (Lipinski definition) is 1. The minimum Gasteiger partial charge on any atom is -0.395 e. The van der Waals surface area contributed by atoms with E-state index in [1.54, 1.807) is 0 Å². The third kappa shape index (κ3) is 2.61. The highest BCUT2D eigenvalue weighted by atomic mass is 16.2. The molecule has 0 aliphatic rings. The first kappa shape index (κ1) is 9.83. The third-order valence-corrected chi connectivity index (χ3v) is 1.93. The van der Waals surface area contributed by atoms with Gasteiger partial charge in [0, 0.05) is 12.0 Å². The molecule has 0 fully saturated rings. The summed E-state index contributed by atoms with van der Waals surface area (Å²) in [5, 5.41) is 8.58. The van der Waals surface area contributed by atoms with Gasteiger partial charge in [-0.1, -0.05) is 30.0 Å². The van der Waals surface area contributed by atoms with E-state index in [1.807, 2.05) is 6.07 Å². The van der Waals surface area contributed by atoms with Crippen molar-refractivity contribution in [2.45, 2.75) is 20.3 Å². The molecule has 0 amide bonds. The van der Waals surface area contributed by atoms with E-state index in [1.165, 1.54) is 11.1 Å². The summed E-state index contributed by atoms with van der Waals surface area (Å²) in [6.07, 6.45) is 0.549. The quantitative estimate of drug-likeness (QED) is 0.646. The van der Waals surface area contributed by atoms with Crippen molar-refractivity contribution in [1.29, 1.82) is 0 Å². The zero-order chi connectivity index (χ0) is 9.68. The molecule has 0 heterocycles. The molecular formula is C12H14O. The topological polar surface area (TPSA) is 20.2 Å². The Bertz CT molecular complexity index is 322. The Morgan fingerprint density at radius 1 is 1.23 bits per heavy atom. The molecule has 0 bridgehead atoms. The molecule has 1 rings (SSSR count). The van der Waals surface area contributed by atoms with Crippen molar-refractivity contribution in [3.8, 4) is 11.8 Å². The molecule has 1 N–H and O–H groups in total. The van der Waals surface area contributed by atoms with Crippen LogP contribution in [0.25, 0.3) is 0 Å². The molecule has 0 saturated heterocycles. The van der Waals surface area contributed by atoms with Crippen molar-refractivity contribution in [3.63, 3.8) is 0 Å². The van der Waals surface area contributed by atoms with Gasteiger partial charge in [0.25, 0.3) is 0 Å². The van der Waals surface area contributed by atoms with Gasteiger partial charge in [-0.15, -0.1) is 0 Å². The van der Waals surface area contributed by atoms with Crippen molar-refractivity contribution < 1.29 is 5.11 Å². The number of benzene rings is 1. The Morgan fingerprint density at radius 2 is 1.85 bits per heavy atom. The van der Waals surface area contributed by atoms with Crippen LogP contribution in [0, 0.1) is 25.7 Å². The van der Waals surface area contributed by atoms with Crippen LogP contribution < -0.4 is 0 Å². The van der Waals surface area contributed by atoms with E-state index in [4.69, 9.17) is 5.11 Å². The van der Waals surface area contributed by atoms with Gasteiger partial charge >= 0.3 is 0 Å². The molecule has 0 aliphatic heterocycles. The number of hydrogen-bond acceptors (Lipinski definition) is 1. The van der Waals surface area contributed by atoms with E-state index in [9.17, 15) is 0 Å². The SMILES string of the molecule is Cc1cccc(C)c1C#CCCO. The summed E-state index contributed by atoms with van der Waals surface area (Å²) in [5.41, 5.74) is 3.49. The second kappa shape index (κ2) is 4.69. The summed E-state index contributed by atoms with van der Waals surface area (Å²) >= 11 is 0. The lowest BCUT2D eigenvalue weighted by molar-refractivity contribution is 0.305. The molecule has 0 atom stereocenters. The third-order valence-electron chi connectivity index (χ3n) is 1.93. The van der Waals surface area contributed by atoms with Crippen LogP contribution in [0.2, 0.25) is 0 Å². The molecule has 13 heavy (non-hydrogen) atoms. The molecule has 0 spiro atoms. The second-order valence-electron chi connectivity index (χ2n) is 3.04. The van der Waals surface area contributed by atoms with Crippen molar-refractivity contribution in [2.24, 2.45) is 0 Å². The average Bonchev–Trinajstić information content (AvgIpc) is 2.10. The smallest absolute Gasteiger partial charge is 0.0540 e. The van der Waals surface area contributed by atoms with Gasteiger partial charge in [-0.05, 0) is 25.0 Å². The Labute approximate surface area is 79.4 Å². The molecule has 68 valence electrons. The molecule has 0 saturated carbocycles. The fraction of sp³-hybridized carbons (Fsp3) is 0.333. The molecule has 0 radical (unpaired) electrons. The van der Waals surface area contributed by atoms with Crippen LogP contribution in [0.4, 0.5) is 0 Å². The molecule has 1 aromatic rings. The standard InChI is InChI=1S/C12H14O/c1-10-6-5-7-11(2)12(10)8-3-4-9-13/h5-7,13H,4,9H2,1-2H3. The summed E-state index contributed by atoms with van der Waals surface area (Å²) in [6, 6.07) is 6.13. The normalized spacial score (nSPS) is 9.15. The summed E-state index contributed by atoms with van der Waals surface area (Å²) in [7, 11) is 0. The minimum absolute atomic E-state index is 0.137. The Balaban J connectivity index is 2.95. The predicted molar refractivity (Wildman–Crippen MR) is 54.5 cm³/mol. The molecule has 0 aliphatic carbocycles. The Hall–Kier alpha value is -1.26. The number of aryl methyl sites for hydroxylation is 2. The summed E-state index contributed by atoms with van der Waals surface area (Å²) in [5.74, 6) is 6.01. The van der Waals surface area contributed by atoms with E-state index in [2.05, 4.69) is 37.8 Å². The van der Waals surface area contributed by atoms with Gasteiger partial charge in [0.15, 0.2) is 0 Å². The van der Waals surface area contributed by atoms with E-state index in [-0.39, 0.29) is 6.61 Å². The van der Waals surface area contributed by atoms with Crippen LogP contribution in [0.15, 0.2) is 18.2 Å². The van der Waals surface area contributed by atoms with Crippen LogP contribution in [0.1, 0.15) is 23.1 Å². The van der Waals surface area contributed by atoms with Crippen LogP contribution in [-0.4, -0.2) is 11.7 Å². The Kier molecular flexibility index (Phi) is 3.54. The van der Waals surface area contributed by atoms with Crippen molar-refractivity contribution in [1.82, 2.24) is 0 Å². The number of aliphatic hydroxyl groups excluding tert-OH is 1. The summed E-state index contributed by atoms with van der Waals surface area (Å²) < 4.78 is 0. The lowest BCUT2D eigenvalue weighted by atomic mass is 10.0. The maximum atomic E-state index is 8.58. The van der Waals surface area contributed by atoms with Crippen LogP contribution >= 0.6 is 0 Å². The van der Waals surface area contributed by atoms with Crippen molar-refractivity contribution in [2.75, 3.05) is 6.61 Å². The molecular weight excluding hydrogens is 160 g/mol. The fourth-order valence-corrected chi connectivity index (χ4v) is 1.22. The van der Waals surface area contributed by atoms with E-state index in [0.29, 0.717) is 6.42 Å². The van der Waals surface area contributed by atoms with Crippen LogP contribution in [0.5, 0.6) is 0 Å². The first-order valence-electron chi connectivity index (χ1n) is 4.41. The Morgan fingerprint density at radius 3 is 2.38 bits per heavy atom. The molecule has 1 aromatic carbocycles. The average molecular weight is 174 g/mol. The van der Waals surface area contributed by atoms with Crippen molar-refractivity contribution >= 4 is 0 Å². The lowest BCUT2D eigenvalue weighted by Crippen LogP contribution is -1.86. The van der Waals surface area contributed by atoms with Gasteiger partial charge in [0.1, 0.15) is 0 Å². The molecule has 0 aromatic heterocycles. The highest BCUT2D eigenvalue weighted by molar-refractivity contribution is 5.46. The molecule has 1 heteroatoms. The van der Waals surface area contributed by atoms with Gasteiger partial charge < -0.3 is 5.11 Å². The highest BCUT2D eigenvalue weighted by Crippen LogP contribution is 2.11. The van der Waals surface area contributed by atoms with Gasteiger partial charge in [-0.2, -0.15) is 0 Å². The maximum absolute atomic E-state index is 8.58.